The predicted molar refractivity (Wildman–Crippen MR) is 66.6 cm³/mol. The number of carbonyl (C=O) groups is 1. The van der Waals surface area contributed by atoms with Crippen LogP contribution in [0.4, 0.5) is 5.69 Å². The zero-order chi connectivity index (χ0) is 12.5. The lowest BCUT2D eigenvalue weighted by atomic mass is 10.0. The first-order chi connectivity index (χ1) is 8.00. The van der Waals surface area contributed by atoms with Crippen LogP contribution in [0.15, 0.2) is 24.3 Å². The fraction of sp³-hybridized carbons (Fsp3) is 0.417. The van der Waals surface area contributed by atoms with Crippen LogP contribution < -0.4 is 5.73 Å². The zero-order valence-electron chi connectivity index (χ0n) is 9.43. The Bertz CT molecular complexity index is 519. The molecule has 0 spiro atoms. The second-order valence-electron chi connectivity index (χ2n) is 4.34. The van der Waals surface area contributed by atoms with E-state index in [2.05, 4.69) is 0 Å². The van der Waals surface area contributed by atoms with E-state index in [0.717, 1.165) is 6.42 Å². The van der Waals surface area contributed by atoms with E-state index in [0.29, 0.717) is 24.1 Å². The first-order valence-corrected chi connectivity index (χ1v) is 7.33. The third-order valence-corrected chi connectivity index (χ3v) is 5.24. The van der Waals surface area contributed by atoms with E-state index in [9.17, 15) is 13.2 Å². The summed E-state index contributed by atoms with van der Waals surface area (Å²) in [4.78, 5) is 12.1. The quantitative estimate of drug-likeness (QED) is 0.638. The van der Waals surface area contributed by atoms with Crippen molar-refractivity contribution in [1.82, 2.24) is 0 Å². The Morgan fingerprint density at radius 1 is 1.18 bits per heavy atom. The van der Waals surface area contributed by atoms with Gasteiger partial charge in [0.1, 0.15) is 5.25 Å². The number of nitrogen functional groups attached to an aromatic ring is 1. The van der Waals surface area contributed by atoms with Crippen molar-refractivity contribution in [3.05, 3.63) is 29.8 Å². The van der Waals surface area contributed by atoms with Crippen molar-refractivity contribution in [3.8, 4) is 0 Å². The van der Waals surface area contributed by atoms with Crippen LogP contribution in [-0.4, -0.2) is 25.2 Å². The maximum atomic E-state index is 12.1. The summed E-state index contributed by atoms with van der Waals surface area (Å²) in [5.74, 6) is -0.178. The molecule has 0 bridgehead atoms. The van der Waals surface area contributed by atoms with Crippen molar-refractivity contribution < 1.29 is 13.2 Å². The van der Waals surface area contributed by atoms with Crippen molar-refractivity contribution in [2.24, 2.45) is 0 Å². The minimum atomic E-state index is -3.26. The summed E-state index contributed by atoms with van der Waals surface area (Å²) < 4.78 is 23.6. The molecule has 1 aliphatic rings. The maximum Gasteiger partial charge on any atom is 0.180 e. The molecule has 92 valence electrons. The summed E-state index contributed by atoms with van der Waals surface area (Å²) in [6, 6.07) is 6.40. The van der Waals surface area contributed by atoms with Crippen LogP contribution in [0.1, 0.15) is 29.6 Å². The molecule has 1 aliphatic heterocycles. The van der Waals surface area contributed by atoms with Crippen molar-refractivity contribution in [3.63, 3.8) is 0 Å². The number of nitrogens with two attached hydrogens (primary N) is 1. The van der Waals surface area contributed by atoms with Gasteiger partial charge in [0.25, 0.3) is 0 Å². The van der Waals surface area contributed by atoms with Crippen LogP contribution in [0, 0.1) is 0 Å². The number of rotatable bonds is 2. The summed E-state index contributed by atoms with van der Waals surface area (Å²) in [7, 11) is -3.26. The lowest BCUT2D eigenvalue weighted by Crippen LogP contribution is -2.35. The van der Waals surface area contributed by atoms with E-state index in [1.807, 2.05) is 0 Å². The topological polar surface area (TPSA) is 77.2 Å². The average molecular weight is 253 g/mol. The molecule has 1 aromatic rings. The number of hydrogen-bond donors (Lipinski definition) is 1. The van der Waals surface area contributed by atoms with E-state index in [1.165, 1.54) is 0 Å². The summed E-state index contributed by atoms with van der Waals surface area (Å²) in [6.07, 6.45) is 1.89. The van der Waals surface area contributed by atoms with Crippen molar-refractivity contribution in [1.29, 1.82) is 0 Å². The first kappa shape index (κ1) is 12.1. The van der Waals surface area contributed by atoms with Crippen LogP contribution in [0.2, 0.25) is 0 Å². The zero-order valence-corrected chi connectivity index (χ0v) is 10.2. The molecule has 0 aliphatic carbocycles. The minimum absolute atomic E-state index is 0.123. The minimum Gasteiger partial charge on any atom is -0.399 e. The van der Waals surface area contributed by atoms with Crippen LogP contribution >= 0.6 is 0 Å². The largest absolute Gasteiger partial charge is 0.399 e. The van der Waals surface area contributed by atoms with Gasteiger partial charge in [-0.15, -0.1) is 0 Å². The highest BCUT2D eigenvalue weighted by Gasteiger charge is 2.35. The molecule has 0 saturated carbocycles. The van der Waals surface area contributed by atoms with E-state index in [1.54, 1.807) is 24.3 Å². The Hall–Kier alpha value is -1.36. The summed E-state index contributed by atoms with van der Waals surface area (Å²) in [6.45, 7) is 0. The van der Waals surface area contributed by atoms with Crippen LogP contribution in [0.25, 0.3) is 0 Å². The fourth-order valence-corrected chi connectivity index (χ4v) is 3.96. The molecule has 2 rings (SSSR count). The van der Waals surface area contributed by atoms with Gasteiger partial charge in [-0.2, -0.15) is 0 Å². The molecular formula is C12H15NO3S. The molecule has 1 fully saturated rings. The number of anilines is 1. The molecule has 1 saturated heterocycles. The number of hydrogen-bond acceptors (Lipinski definition) is 4. The van der Waals surface area contributed by atoms with Gasteiger partial charge in [-0.3, -0.25) is 4.79 Å². The van der Waals surface area contributed by atoms with Crippen LogP contribution in [0.3, 0.4) is 0 Å². The number of sulfone groups is 1. The second-order valence-corrected chi connectivity index (χ2v) is 6.64. The Balaban J connectivity index is 2.28. The number of ketones is 1. The van der Waals surface area contributed by atoms with E-state index < -0.39 is 15.1 Å². The SMILES string of the molecule is Nc1ccc(C(=O)C2CCCCS2(=O)=O)cc1. The molecule has 0 aromatic heterocycles. The highest BCUT2D eigenvalue weighted by molar-refractivity contribution is 7.92. The van der Waals surface area contributed by atoms with Gasteiger partial charge in [0.05, 0.1) is 5.75 Å². The number of Topliss-reactive ketones (excluding diaryl/α,β-unsaturated/α-hetero) is 1. The Labute approximate surface area is 101 Å². The maximum absolute atomic E-state index is 12.1. The number of carbonyl (C=O) groups excluding carboxylic acids is 1. The van der Waals surface area contributed by atoms with Crippen LogP contribution in [0.5, 0.6) is 0 Å². The molecule has 0 radical (unpaired) electrons. The van der Waals surface area contributed by atoms with Gasteiger partial charge in [-0.05, 0) is 37.1 Å². The van der Waals surface area contributed by atoms with Crippen molar-refractivity contribution in [2.45, 2.75) is 24.5 Å². The Kier molecular flexibility index (Phi) is 3.19. The fourth-order valence-electron chi connectivity index (χ4n) is 2.08. The van der Waals surface area contributed by atoms with Gasteiger partial charge >= 0.3 is 0 Å². The monoisotopic (exact) mass is 253 g/mol. The molecule has 4 nitrogen and oxygen atoms in total. The Morgan fingerprint density at radius 3 is 2.41 bits per heavy atom. The van der Waals surface area contributed by atoms with Gasteiger partial charge < -0.3 is 5.73 Å². The summed E-state index contributed by atoms with van der Waals surface area (Å²) in [5.41, 5.74) is 6.52. The molecule has 5 heteroatoms. The van der Waals surface area contributed by atoms with Crippen molar-refractivity contribution >= 4 is 21.3 Å². The third-order valence-electron chi connectivity index (χ3n) is 3.07. The van der Waals surface area contributed by atoms with E-state index >= 15 is 0 Å². The van der Waals surface area contributed by atoms with Gasteiger partial charge in [-0.25, -0.2) is 8.42 Å². The smallest absolute Gasteiger partial charge is 0.180 e. The second kappa shape index (κ2) is 4.49. The lowest BCUT2D eigenvalue weighted by molar-refractivity contribution is 0.0981. The summed E-state index contributed by atoms with van der Waals surface area (Å²) >= 11 is 0. The molecule has 1 atom stereocenters. The van der Waals surface area contributed by atoms with Gasteiger partial charge in [0.15, 0.2) is 15.6 Å². The first-order valence-electron chi connectivity index (χ1n) is 5.62. The Morgan fingerprint density at radius 2 is 1.82 bits per heavy atom. The van der Waals surface area contributed by atoms with Gasteiger partial charge in [0, 0.05) is 11.3 Å². The third kappa shape index (κ3) is 2.49. The summed E-state index contributed by atoms with van der Waals surface area (Å²) in [5, 5.41) is -0.861. The highest BCUT2D eigenvalue weighted by Crippen LogP contribution is 2.23. The predicted octanol–water partition coefficient (Wildman–Crippen LogP) is 1.42. The highest BCUT2D eigenvalue weighted by atomic mass is 32.2. The van der Waals surface area contributed by atoms with Crippen LogP contribution in [-0.2, 0) is 9.84 Å². The van der Waals surface area contributed by atoms with Gasteiger partial charge in [0.2, 0.25) is 0 Å². The molecular weight excluding hydrogens is 238 g/mol. The molecule has 1 unspecified atom stereocenters. The molecule has 2 N–H and O–H groups in total. The standard InChI is InChI=1S/C12H15NO3S/c13-10-6-4-9(5-7-10)12(14)11-3-1-2-8-17(11,15)16/h4-7,11H,1-3,8,13H2. The molecule has 0 amide bonds. The van der Waals surface area contributed by atoms with Gasteiger partial charge in [-0.1, -0.05) is 6.42 Å². The molecule has 17 heavy (non-hydrogen) atoms. The molecule has 1 aromatic carbocycles. The van der Waals surface area contributed by atoms with E-state index in [-0.39, 0.29) is 11.5 Å². The number of benzene rings is 1. The normalized spacial score (nSPS) is 23.2. The van der Waals surface area contributed by atoms with E-state index in [4.69, 9.17) is 5.73 Å². The lowest BCUT2D eigenvalue weighted by Gasteiger charge is -2.21. The molecule has 1 heterocycles. The van der Waals surface area contributed by atoms with Crippen molar-refractivity contribution in [2.75, 3.05) is 11.5 Å². The average Bonchev–Trinajstić information content (AvgIpc) is 2.28.